The van der Waals surface area contributed by atoms with E-state index in [1.165, 1.54) is 11.3 Å². The predicted molar refractivity (Wildman–Crippen MR) is 61.9 cm³/mol. The molecule has 1 amide bonds. The molecule has 5 nitrogen and oxygen atoms in total. The van der Waals surface area contributed by atoms with Crippen molar-refractivity contribution in [1.82, 2.24) is 9.88 Å². The van der Waals surface area contributed by atoms with Crippen molar-refractivity contribution in [3.8, 4) is 0 Å². The standard InChI is InChI=1S/C12H18N2O3/c1-11(2,14(3)10(15)16)7-12(4-5-12)9-6-13-8-17-9/h6,8H,4-5,7H2,1-3H3,(H,15,16). The maximum absolute atomic E-state index is 11.0. The van der Waals surface area contributed by atoms with Crippen molar-refractivity contribution >= 4 is 6.09 Å². The van der Waals surface area contributed by atoms with Gasteiger partial charge in [-0.1, -0.05) is 0 Å². The molecule has 0 aliphatic heterocycles. The third-order valence-electron chi connectivity index (χ3n) is 3.77. The number of oxazole rings is 1. The smallest absolute Gasteiger partial charge is 0.407 e. The monoisotopic (exact) mass is 238 g/mol. The number of aromatic nitrogens is 1. The Morgan fingerprint density at radius 1 is 1.65 bits per heavy atom. The van der Waals surface area contributed by atoms with E-state index in [-0.39, 0.29) is 5.41 Å². The van der Waals surface area contributed by atoms with E-state index in [1.54, 1.807) is 13.2 Å². The Hall–Kier alpha value is -1.52. The molecule has 0 aromatic carbocycles. The highest BCUT2D eigenvalue weighted by Crippen LogP contribution is 2.53. The van der Waals surface area contributed by atoms with E-state index < -0.39 is 11.6 Å². The van der Waals surface area contributed by atoms with Crippen LogP contribution in [-0.2, 0) is 5.41 Å². The second-order valence-corrected chi connectivity index (χ2v) is 5.48. The van der Waals surface area contributed by atoms with E-state index in [0.29, 0.717) is 0 Å². The summed E-state index contributed by atoms with van der Waals surface area (Å²) >= 11 is 0. The predicted octanol–water partition coefficient (Wildman–Crippen LogP) is 2.48. The van der Waals surface area contributed by atoms with Gasteiger partial charge in [0.25, 0.3) is 0 Å². The van der Waals surface area contributed by atoms with E-state index in [2.05, 4.69) is 4.98 Å². The van der Waals surface area contributed by atoms with Crippen LogP contribution in [0, 0.1) is 0 Å². The Morgan fingerprint density at radius 3 is 2.71 bits per heavy atom. The van der Waals surface area contributed by atoms with Crippen LogP contribution < -0.4 is 0 Å². The lowest BCUT2D eigenvalue weighted by Gasteiger charge is -2.36. The Balaban J connectivity index is 2.13. The summed E-state index contributed by atoms with van der Waals surface area (Å²) in [5.74, 6) is 0.879. The Morgan fingerprint density at radius 2 is 2.29 bits per heavy atom. The molecule has 0 saturated heterocycles. The second-order valence-electron chi connectivity index (χ2n) is 5.48. The number of hydrogen-bond donors (Lipinski definition) is 1. The summed E-state index contributed by atoms with van der Waals surface area (Å²) < 4.78 is 5.37. The zero-order valence-electron chi connectivity index (χ0n) is 10.4. The first kappa shape index (κ1) is 12.0. The molecule has 1 saturated carbocycles. The summed E-state index contributed by atoms with van der Waals surface area (Å²) in [6, 6.07) is 0. The van der Waals surface area contributed by atoms with Gasteiger partial charge in [0.1, 0.15) is 5.76 Å². The van der Waals surface area contributed by atoms with Gasteiger partial charge in [-0.15, -0.1) is 0 Å². The number of hydrogen-bond acceptors (Lipinski definition) is 3. The highest BCUT2D eigenvalue weighted by atomic mass is 16.4. The molecule has 1 fully saturated rings. The lowest BCUT2D eigenvalue weighted by Crippen LogP contribution is -2.46. The van der Waals surface area contributed by atoms with Crippen molar-refractivity contribution < 1.29 is 14.3 Å². The lowest BCUT2D eigenvalue weighted by molar-refractivity contribution is 0.0985. The molecule has 0 atom stereocenters. The SMILES string of the molecule is CN(C(=O)O)C(C)(C)CC1(c2cnco2)CC1. The van der Waals surface area contributed by atoms with E-state index in [0.717, 1.165) is 25.0 Å². The Kier molecular flexibility index (Phi) is 2.64. The van der Waals surface area contributed by atoms with Crippen molar-refractivity contribution in [2.24, 2.45) is 0 Å². The molecule has 2 rings (SSSR count). The van der Waals surface area contributed by atoms with Crippen LogP contribution >= 0.6 is 0 Å². The molecule has 5 heteroatoms. The third-order valence-corrected chi connectivity index (χ3v) is 3.77. The molecular formula is C12H18N2O3. The highest BCUT2D eigenvalue weighted by molar-refractivity contribution is 5.65. The van der Waals surface area contributed by atoms with Gasteiger partial charge in [-0.25, -0.2) is 9.78 Å². The third kappa shape index (κ3) is 2.14. The first-order valence-electron chi connectivity index (χ1n) is 5.73. The van der Waals surface area contributed by atoms with E-state index >= 15 is 0 Å². The number of carboxylic acid groups (broad SMARTS) is 1. The first-order valence-corrected chi connectivity index (χ1v) is 5.73. The average molecular weight is 238 g/mol. The minimum atomic E-state index is -0.900. The summed E-state index contributed by atoms with van der Waals surface area (Å²) in [5, 5.41) is 9.06. The molecule has 0 spiro atoms. The van der Waals surface area contributed by atoms with Gasteiger partial charge in [-0.05, 0) is 33.1 Å². The second kappa shape index (κ2) is 3.75. The van der Waals surface area contributed by atoms with E-state index in [1.807, 2.05) is 13.8 Å². The van der Waals surface area contributed by atoms with E-state index in [4.69, 9.17) is 9.52 Å². The van der Waals surface area contributed by atoms with Crippen LogP contribution in [-0.4, -0.2) is 33.7 Å². The fourth-order valence-corrected chi connectivity index (χ4v) is 2.34. The molecule has 0 unspecified atom stereocenters. The highest BCUT2D eigenvalue weighted by Gasteiger charge is 2.51. The van der Waals surface area contributed by atoms with E-state index in [9.17, 15) is 4.79 Å². The topological polar surface area (TPSA) is 66.6 Å². The molecule has 0 bridgehead atoms. The Bertz CT molecular complexity index is 407. The maximum Gasteiger partial charge on any atom is 0.407 e. The number of rotatable bonds is 4. The van der Waals surface area contributed by atoms with Gasteiger partial charge in [0.05, 0.1) is 6.20 Å². The molecule has 0 radical (unpaired) electrons. The summed E-state index contributed by atoms with van der Waals surface area (Å²) in [4.78, 5) is 16.3. The molecule has 94 valence electrons. The molecule has 1 heterocycles. The van der Waals surface area contributed by atoms with Crippen LogP contribution in [0.15, 0.2) is 17.0 Å². The fraction of sp³-hybridized carbons (Fsp3) is 0.667. The molecule has 1 N–H and O–H groups in total. The van der Waals surface area contributed by atoms with Crippen LogP contribution in [0.5, 0.6) is 0 Å². The van der Waals surface area contributed by atoms with Crippen molar-refractivity contribution in [3.63, 3.8) is 0 Å². The fourth-order valence-electron chi connectivity index (χ4n) is 2.34. The van der Waals surface area contributed by atoms with Crippen molar-refractivity contribution in [2.45, 2.75) is 44.1 Å². The van der Waals surface area contributed by atoms with Gasteiger partial charge in [0, 0.05) is 18.0 Å². The zero-order valence-corrected chi connectivity index (χ0v) is 10.4. The van der Waals surface area contributed by atoms with Crippen molar-refractivity contribution in [1.29, 1.82) is 0 Å². The van der Waals surface area contributed by atoms with Crippen LogP contribution in [0.25, 0.3) is 0 Å². The number of carbonyl (C=O) groups is 1. The average Bonchev–Trinajstić information content (AvgIpc) is 2.82. The molecule has 1 aromatic heterocycles. The molecule has 1 aliphatic rings. The van der Waals surface area contributed by atoms with Gasteiger partial charge in [-0.3, -0.25) is 0 Å². The van der Waals surface area contributed by atoms with Crippen LogP contribution in [0.1, 0.15) is 38.9 Å². The summed E-state index contributed by atoms with van der Waals surface area (Å²) in [6.07, 6.45) is 5.12. The normalized spacial score (nSPS) is 17.8. The summed E-state index contributed by atoms with van der Waals surface area (Å²) in [6.45, 7) is 3.88. The summed E-state index contributed by atoms with van der Waals surface area (Å²) in [5.41, 5.74) is -0.418. The molecule has 1 aromatic rings. The van der Waals surface area contributed by atoms with Gasteiger partial charge < -0.3 is 14.4 Å². The van der Waals surface area contributed by atoms with Crippen LogP contribution in [0.4, 0.5) is 4.79 Å². The van der Waals surface area contributed by atoms with Gasteiger partial charge in [0.15, 0.2) is 6.39 Å². The van der Waals surface area contributed by atoms with Crippen LogP contribution in [0.3, 0.4) is 0 Å². The van der Waals surface area contributed by atoms with Gasteiger partial charge in [0.2, 0.25) is 0 Å². The number of nitrogens with zero attached hydrogens (tertiary/aromatic N) is 2. The first-order chi connectivity index (χ1) is 7.87. The van der Waals surface area contributed by atoms with Crippen molar-refractivity contribution in [2.75, 3.05) is 7.05 Å². The summed E-state index contributed by atoms with van der Waals surface area (Å²) in [7, 11) is 1.61. The number of amides is 1. The Labute approximate surface area is 100 Å². The van der Waals surface area contributed by atoms with Gasteiger partial charge in [-0.2, -0.15) is 0 Å². The van der Waals surface area contributed by atoms with Crippen molar-refractivity contribution in [3.05, 3.63) is 18.4 Å². The minimum Gasteiger partial charge on any atom is -0.465 e. The molecular weight excluding hydrogens is 220 g/mol. The van der Waals surface area contributed by atoms with Gasteiger partial charge >= 0.3 is 6.09 Å². The quantitative estimate of drug-likeness (QED) is 0.875. The molecule has 1 aliphatic carbocycles. The maximum atomic E-state index is 11.0. The minimum absolute atomic E-state index is 0.0102. The molecule has 17 heavy (non-hydrogen) atoms. The van der Waals surface area contributed by atoms with Crippen LogP contribution in [0.2, 0.25) is 0 Å². The largest absolute Gasteiger partial charge is 0.465 e. The zero-order chi connectivity index (χ0) is 12.7. The lowest BCUT2D eigenvalue weighted by atomic mass is 9.86.